The van der Waals surface area contributed by atoms with Crippen LogP contribution in [0.15, 0.2) is 82.8 Å². The molecule has 140 valence electrons. The molecule has 0 fully saturated rings. The average Bonchev–Trinajstić information content (AvgIpc) is 3.51. The summed E-state index contributed by atoms with van der Waals surface area (Å²) < 4.78 is 9.61. The zero-order valence-corrected chi connectivity index (χ0v) is 16.0. The number of hydrogen-bond acceptors (Lipinski definition) is 6. The molecule has 7 nitrogen and oxygen atoms in total. The topological polar surface area (TPSA) is 73.5 Å². The summed E-state index contributed by atoms with van der Waals surface area (Å²) in [6, 6.07) is 17.6. The first-order valence-corrected chi connectivity index (χ1v) is 10.1. The molecule has 6 rings (SSSR count). The third-order valence-corrected chi connectivity index (χ3v) is 5.68. The molecule has 0 atom stereocenters. The van der Waals surface area contributed by atoms with Gasteiger partial charge in [-0.2, -0.15) is 0 Å². The molecular weight excluding hydrogens is 384 g/mol. The van der Waals surface area contributed by atoms with Crippen LogP contribution in [0.3, 0.4) is 0 Å². The predicted octanol–water partition coefficient (Wildman–Crippen LogP) is 4.48. The number of hydrogen-bond donors (Lipinski definition) is 0. The summed E-state index contributed by atoms with van der Waals surface area (Å²) in [7, 11) is 0. The Bertz CT molecular complexity index is 1430. The number of imidazole rings is 1. The molecule has 0 saturated carbocycles. The van der Waals surface area contributed by atoms with Crippen molar-refractivity contribution in [2.45, 2.75) is 10.9 Å². The maximum atomic E-state index is 5.64. The van der Waals surface area contributed by atoms with Gasteiger partial charge >= 0.3 is 0 Å². The smallest absolute Gasteiger partial charge is 0.197 e. The molecule has 0 spiro atoms. The van der Waals surface area contributed by atoms with E-state index in [0.29, 0.717) is 17.3 Å². The van der Waals surface area contributed by atoms with E-state index in [0.717, 1.165) is 33.0 Å². The van der Waals surface area contributed by atoms with E-state index in [4.69, 9.17) is 9.40 Å². The summed E-state index contributed by atoms with van der Waals surface area (Å²) in [6.07, 6.45) is 5.67. The molecule has 0 bridgehead atoms. The van der Waals surface area contributed by atoms with Crippen LogP contribution in [-0.4, -0.2) is 29.0 Å². The number of pyridine rings is 1. The largest absolute Gasteiger partial charge is 0.461 e. The van der Waals surface area contributed by atoms with Gasteiger partial charge in [-0.3, -0.25) is 4.40 Å². The van der Waals surface area contributed by atoms with Gasteiger partial charge in [-0.1, -0.05) is 30.0 Å². The molecule has 8 heteroatoms. The second kappa shape index (κ2) is 6.46. The lowest BCUT2D eigenvalue weighted by Gasteiger charge is -2.07. The predicted molar refractivity (Wildman–Crippen MR) is 111 cm³/mol. The van der Waals surface area contributed by atoms with E-state index in [9.17, 15) is 0 Å². The monoisotopic (exact) mass is 398 g/mol. The molecule has 5 aromatic heterocycles. The number of para-hydroxylation sites is 1. The van der Waals surface area contributed by atoms with Gasteiger partial charge in [-0.15, -0.1) is 10.2 Å². The fourth-order valence-corrected chi connectivity index (χ4v) is 4.24. The van der Waals surface area contributed by atoms with Gasteiger partial charge in [0.15, 0.2) is 22.4 Å². The van der Waals surface area contributed by atoms with Crippen molar-refractivity contribution in [3.8, 4) is 11.6 Å². The number of thioether (sulfide) groups is 1. The molecule has 0 radical (unpaired) electrons. The van der Waals surface area contributed by atoms with Crippen LogP contribution >= 0.6 is 11.8 Å². The van der Waals surface area contributed by atoms with Gasteiger partial charge < -0.3 is 8.82 Å². The zero-order valence-electron chi connectivity index (χ0n) is 15.1. The van der Waals surface area contributed by atoms with Crippen LogP contribution in [-0.2, 0) is 5.75 Å². The Morgan fingerprint density at radius 3 is 2.76 bits per heavy atom. The lowest BCUT2D eigenvalue weighted by atomic mass is 10.2. The number of aromatic nitrogens is 6. The van der Waals surface area contributed by atoms with E-state index >= 15 is 0 Å². The standard InChI is InChI=1S/C21H14N6OS/c1-2-7-16-15(6-1)19-24-25-21(27(19)20(23-16)17-8-5-11-28-17)29-13-14-12-26-10-4-3-9-18(26)22-14/h1-12H,13H2. The third kappa shape index (κ3) is 2.68. The van der Waals surface area contributed by atoms with Gasteiger partial charge in [-0.05, 0) is 36.4 Å². The summed E-state index contributed by atoms with van der Waals surface area (Å²) in [5, 5.41) is 10.6. The Morgan fingerprint density at radius 1 is 0.931 bits per heavy atom. The van der Waals surface area contributed by atoms with Crippen LogP contribution in [0.2, 0.25) is 0 Å². The number of benzene rings is 1. The second-order valence-corrected chi connectivity index (χ2v) is 7.50. The number of nitrogens with zero attached hydrogens (tertiary/aromatic N) is 6. The fourth-order valence-electron chi connectivity index (χ4n) is 3.42. The minimum Gasteiger partial charge on any atom is -0.461 e. The lowest BCUT2D eigenvalue weighted by Crippen LogP contribution is -1.99. The Labute approximate surface area is 169 Å². The molecular formula is C21H14N6OS. The van der Waals surface area contributed by atoms with Crippen LogP contribution in [0.1, 0.15) is 5.69 Å². The van der Waals surface area contributed by atoms with Crippen LogP contribution in [0.5, 0.6) is 0 Å². The molecule has 5 heterocycles. The maximum Gasteiger partial charge on any atom is 0.197 e. The highest BCUT2D eigenvalue weighted by atomic mass is 32.2. The molecule has 6 aromatic rings. The first-order chi connectivity index (χ1) is 14.4. The van der Waals surface area contributed by atoms with Gasteiger partial charge in [0.25, 0.3) is 0 Å². The number of rotatable bonds is 4. The molecule has 0 aliphatic carbocycles. The van der Waals surface area contributed by atoms with Crippen molar-refractivity contribution in [3.05, 3.63) is 78.9 Å². The SMILES string of the molecule is c1coc(-c2nc3ccccc3c3nnc(SCc4cn5ccccc5n4)n23)c1. The van der Waals surface area contributed by atoms with Crippen molar-refractivity contribution in [2.75, 3.05) is 0 Å². The van der Waals surface area contributed by atoms with Gasteiger partial charge in [0.1, 0.15) is 5.65 Å². The molecule has 0 amide bonds. The molecule has 0 saturated heterocycles. The van der Waals surface area contributed by atoms with Crippen molar-refractivity contribution in [1.82, 2.24) is 29.0 Å². The van der Waals surface area contributed by atoms with E-state index in [-0.39, 0.29) is 0 Å². The average molecular weight is 398 g/mol. The Kier molecular flexibility index (Phi) is 3.63. The molecule has 0 unspecified atom stereocenters. The van der Waals surface area contributed by atoms with E-state index in [2.05, 4.69) is 15.2 Å². The van der Waals surface area contributed by atoms with E-state index < -0.39 is 0 Å². The summed E-state index contributed by atoms with van der Waals surface area (Å²) in [5.41, 5.74) is 3.53. The van der Waals surface area contributed by atoms with Crippen molar-refractivity contribution < 1.29 is 4.42 Å². The summed E-state index contributed by atoms with van der Waals surface area (Å²) >= 11 is 1.58. The van der Waals surface area contributed by atoms with Crippen LogP contribution < -0.4 is 0 Å². The molecule has 1 aromatic carbocycles. The van der Waals surface area contributed by atoms with E-state index in [1.807, 2.05) is 75.8 Å². The molecule has 0 N–H and O–H groups in total. The highest BCUT2D eigenvalue weighted by molar-refractivity contribution is 7.98. The zero-order chi connectivity index (χ0) is 19.2. The quantitative estimate of drug-likeness (QED) is 0.408. The number of furan rings is 1. The normalized spacial score (nSPS) is 11.7. The lowest BCUT2D eigenvalue weighted by molar-refractivity contribution is 0.575. The maximum absolute atomic E-state index is 5.64. The molecule has 0 aliphatic heterocycles. The van der Waals surface area contributed by atoms with Gasteiger partial charge in [-0.25, -0.2) is 9.97 Å². The Morgan fingerprint density at radius 2 is 1.86 bits per heavy atom. The van der Waals surface area contributed by atoms with Gasteiger partial charge in [0.2, 0.25) is 0 Å². The van der Waals surface area contributed by atoms with Crippen LogP contribution in [0.4, 0.5) is 0 Å². The third-order valence-electron chi connectivity index (χ3n) is 4.72. The van der Waals surface area contributed by atoms with Crippen molar-refractivity contribution in [3.63, 3.8) is 0 Å². The molecule has 29 heavy (non-hydrogen) atoms. The van der Waals surface area contributed by atoms with Crippen LogP contribution in [0.25, 0.3) is 33.8 Å². The summed E-state index contributed by atoms with van der Waals surface area (Å²) in [6.45, 7) is 0. The first kappa shape index (κ1) is 16.3. The highest BCUT2D eigenvalue weighted by Crippen LogP contribution is 2.30. The van der Waals surface area contributed by atoms with Crippen molar-refractivity contribution >= 4 is 34.0 Å². The Hall–Kier alpha value is -3.65. The fraction of sp³-hybridized carbons (Fsp3) is 0.0476. The van der Waals surface area contributed by atoms with E-state index in [1.54, 1.807) is 18.0 Å². The van der Waals surface area contributed by atoms with Gasteiger partial charge in [0.05, 0.1) is 17.5 Å². The van der Waals surface area contributed by atoms with Crippen LogP contribution in [0, 0.1) is 0 Å². The Balaban J connectivity index is 1.47. The van der Waals surface area contributed by atoms with Gasteiger partial charge in [0, 0.05) is 23.5 Å². The minimum atomic E-state index is 0.674. The number of fused-ring (bicyclic) bond motifs is 4. The summed E-state index contributed by atoms with van der Waals surface area (Å²) in [4.78, 5) is 9.49. The first-order valence-electron chi connectivity index (χ1n) is 9.10. The highest BCUT2D eigenvalue weighted by Gasteiger charge is 2.18. The van der Waals surface area contributed by atoms with E-state index in [1.165, 1.54) is 0 Å². The minimum absolute atomic E-state index is 0.674. The van der Waals surface area contributed by atoms with Crippen molar-refractivity contribution in [1.29, 1.82) is 0 Å². The molecule has 0 aliphatic rings. The van der Waals surface area contributed by atoms with Crippen molar-refractivity contribution in [2.24, 2.45) is 0 Å². The summed E-state index contributed by atoms with van der Waals surface area (Å²) in [5.74, 6) is 2.04. The second-order valence-electron chi connectivity index (χ2n) is 6.56.